The van der Waals surface area contributed by atoms with Crippen LogP contribution >= 0.6 is 0 Å². The molecule has 3 fully saturated rings. The van der Waals surface area contributed by atoms with Crippen LogP contribution in [-0.4, -0.2) is 71.5 Å². The predicted octanol–water partition coefficient (Wildman–Crippen LogP) is 4.68. The van der Waals surface area contributed by atoms with E-state index in [2.05, 4.69) is 20.3 Å². The normalized spacial score (nSPS) is 28.1. The summed E-state index contributed by atoms with van der Waals surface area (Å²) in [5.74, 6) is -2.52. The number of allylic oxidation sites excluding steroid dienone is 1. The fraction of sp³-hybridized carbons (Fsp3) is 0.486. The number of oxazole rings is 1. The number of carbonyl (C=O) groups excluding carboxylic acids is 3. The molecule has 12 nitrogen and oxygen atoms in total. The topological polar surface area (TPSA) is 160 Å². The van der Waals surface area contributed by atoms with E-state index in [1.165, 1.54) is 17.0 Å². The third-order valence-electron chi connectivity index (χ3n) is 9.92. The molecule has 4 aliphatic rings. The molecule has 7 rings (SSSR count). The monoisotopic (exact) mass is 729 g/mol. The molecule has 51 heavy (non-hydrogen) atoms. The molecule has 1 saturated heterocycles. The second kappa shape index (κ2) is 13.5. The van der Waals surface area contributed by atoms with Gasteiger partial charge in [-0.3, -0.25) is 19.1 Å². The minimum Gasteiger partial charge on any atom is -0.445 e. The van der Waals surface area contributed by atoms with E-state index in [0.29, 0.717) is 43.2 Å². The summed E-state index contributed by atoms with van der Waals surface area (Å²) in [4.78, 5) is 47.9. The Morgan fingerprint density at radius 3 is 2.63 bits per heavy atom. The standard InChI is InChI=1S/C35H38F3N5O7S/c36-35(37,38)21-10-8-11-23(17-21)39-27-13-5-3-1-2-4-9-22-19-34(22,32(46)42-51(47,48)25-15-16-25)41-30(44)28-18-24(20-43(28)31(27)45)49-33-40-26-12-6-7-14-29(26)50-33/h4,6-12,14,17,22,24-25,27-28,39H,1-3,5,13,15-16,18-20H2,(H,41,44)(H,42,46)/b9-4-/t22-,24+,27-,28-,34+/m0/s1. The average molecular weight is 730 g/mol. The van der Waals surface area contributed by atoms with Gasteiger partial charge in [0.2, 0.25) is 21.8 Å². The first-order chi connectivity index (χ1) is 24.3. The number of fused-ring (bicyclic) bond motifs is 3. The molecule has 2 aliphatic heterocycles. The van der Waals surface area contributed by atoms with Crippen LogP contribution < -0.4 is 20.1 Å². The summed E-state index contributed by atoms with van der Waals surface area (Å²) in [6.45, 7) is -0.0883. The number of sulfonamides is 1. The van der Waals surface area contributed by atoms with Crippen molar-refractivity contribution in [3.8, 4) is 6.08 Å². The van der Waals surface area contributed by atoms with Crippen LogP contribution in [0, 0.1) is 5.92 Å². The van der Waals surface area contributed by atoms with Crippen molar-refractivity contribution in [2.75, 3.05) is 11.9 Å². The van der Waals surface area contributed by atoms with Crippen molar-refractivity contribution in [2.24, 2.45) is 5.92 Å². The number of hydrogen-bond acceptors (Lipinski definition) is 9. The number of ether oxygens (including phenoxy) is 1. The van der Waals surface area contributed by atoms with Gasteiger partial charge in [0.05, 0.1) is 17.4 Å². The minimum absolute atomic E-state index is 0.0227. The zero-order valence-electron chi connectivity index (χ0n) is 27.5. The zero-order valence-corrected chi connectivity index (χ0v) is 28.3. The maximum Gasteiger partial charge on any atom is 0.416 e. The van der Waals surface area contributed by atoms with E-state index in [0.717, 1.165) is 18.6 Å². The number of nitrogens with zero attached hydrogens (tertiary/aromatic N) is 2. The number of hydrogen-bond donors (Lipinski definition) is 3. The number of rotatable bonds is 7. The van der Waals surface area contributed by atoms with Crippen LogP contribution in [0.4, 0.5) is 18.9 Å². The molecule has 3 heterocycles. The molecular weight excluding hydrogens is 691 g/mol. The van der Waals surface area contributed by atoms with Gasteiger partial charge in [-0.25, -0.2) is 8.42 Å². The number of benzene rings is 2. The van der Waals surface area contributed by atoms with Gasteiger partial charge in [0, 0.05) is 18.0 Å². The fourth-order valence-corrected chi connectivity index (χ4v) is 8.24. The molecule has 3 aromatic rings. The summed E-state index contributed by atoms with van der Waals surface area (Å²) in [5, 5.41) is 5.14. The van der Waals surface area contributed by atoms with E-state index in [-0.39, 0.29) is 37.6 Å². The Labute approximate surface area is 292 Å². The van der Waals surface area contributed by atoms with Gasteiger partial charge in [0.25, 0.3) is 5.91 Å². The van der Waals surface area contributed by atoms with Crippen LogP contribution in [0.2, 0.25) is 0 Å². The van der Waals surface area contributed by atoms with Crippen molar-refractivity contribution in [2.45, 2.75) is 92.9 Å². The molecule has 2 aromatic carbocycles. The molecule has 5 atom stereocenters. The van der Waals surface area contributed by atoms with Crippen molar-refractivity contribution in [1.29, 1.82) is 0 Å². The Kier molecular flexibility index (Phi) is 9.23. The van der Waals surface area contributed by atoms with E-state index < -0.39 is 74.4 Å². The molecule has 1 aromatic heterocycles. The van der Waals surface area contributed by atoms with Crippen LogP contribution in [0.3, 0.4) is 0 Å². The van der Waals surface area contributed by atoms with Crippen LogP contribution in [0.25, 0.3) is 11.1 Å². The summed E-state index contributed by atoms with van der Waals surface area (Å²) in [6.07, 6.45) is 2.25. The first-order valence-electron chi connectivity index (χ1n) is 17.1. The number of para-hydroxylation sites is 2. The van der Waals surface area contributed by atoms with Crippen LogP contribution in [0.15, 0.2) is 65.1 Å². The zero-order chi connectivity index (χ0) is 36.0. The molecule has 0 bridgehead atoms. The summed E-state index contributed by atoms with van der Waals surface area (Å²) in [6, 6.07) is 9.41. The van der Waals surface area contributed by atoms with Crippen molar-refractivity contribution in [1.82, 2.24) is 19.9 Å². The van der Waals surface area contributed by atoms with Crippen molar-refractivity contribution in [3.63, 3.8) is 0 Å². The lowest BCUT2D eigenvalue weighted by molar-refractivity contribution is -0.140. The molecule has 2 aliphatic carbocycles. The maximum absolute atomic E-state index is 14.4. The minimum atomic E-state index is -4.59. The van der Waals surface area contributed by atoms with Crippen molar-refractivity contribution >= 4 is 44.5 Å². The van der Waals surface area contributed by atoms with Gasteiger partial charge in [-0.15, -0.1) is 0 Å². The van der Waals surface area contributed by atoms with E-state index in [4.69, 9.17) is 9.15 Å². The molecule has 0 radical (unpaired) electrons. The number of amides is 3. The number of carbonyl (C=O) groups is 3. The number of halogens is 3. The van der Waals surface area contributed by atoms with Crippen LogP contribution in [-0.2, 0) is 30.6 Å². The van der Waals surface area contributed by atoms with E-state index >= 15 is 0 Å². The van der Waals surface area contributed by atoms with Crippen LogP contribution in [0.5, 0.6) is 6.08 Å². The van der Waals surface area contributed by atoms with Gasteiger partial charge >= 0.3 is 12.3 Å². The number of anilines is 1. The third kappa shape index (κ3) is 7.55. The molecule has 0 spiro atoms. The fourth-order valence-electron chi connectivity index (χ4n) is 6.88. The summed E-state index contributed by atoms with van der Waals surface area (Å²) in [7, 11) is -3.92. The highest BCUT2D eigenvalue weighted by molar-refractivity contribution is 7.91. The average Bonchev–Trinajstić information content (AvgIpc) is 3.98. The van der Waals surface area contributed by atoms with Gasteiger partial charge in [0.15, 0.2) is 5.58 Å². The van der Waals surface area contributed by atoms with Gasteiger partial charge < -0.3 is 24.7 Å². The quantitative estimate of drug-likeness (QED) is 0.294. The summed E-state index contributed by atoms with van der Waals surface area (Å²) < 4.78 is 80.1. The lowest BCUT2D eigenvalue weighted by atomic mass is 10.0. The van der Waals surface area contributed by atoms with Crippen molar-refractivity contribution < 1.29 is 45.1 Å². The smallest absolute Gasteiger partial charge is 0.416 e. The highest BCUT2D eigenvalue weighted by atomic mass is 32.2. The van der Waals surface area contributed by atoms with Crippen molar-refractivity contribution in [3.05, 3.63) is 66.2 Å². The summed E-state index contributed by atoms with van der Waals surface area (Å²) >= 11 is 0. The first-order valence-corrected chi connectivity index (χ1v) is 18.7. The Hall–Kier alpha value is -4.60. The van der Waals surface area contributed by atoms with E-state index in [9.17, 15) is 36.0 Å². The molecule has 2 saturated carbocycles. The van der Waals surface area contributed by atoms with Gasteiger partial charge in [-0.1, -0.05) is 43.2 Å². The first kappa shape index (κ1) is 34.8. The maximum atomic E-state index is 14.4. The van der Waals surface area contributed by atoms with Gasteiger partial charge in [0.1, 0.15) is 29.2 Å². The molecular formula is C35H38F3N5O7S. The lowest BCUT2D eigenvalue weighted by Crippen LogP contribution is -2.57. The highest BCUT2D eigenvalue weighted by Crippen LogP contribution is 2.46. The van der Waals surface area contributed by atoms with Crippen LogP contribution in [0.1, 0.15) is 63.4 Å². The predicted molar refractivity (Wildman–Crippen MR) is 179 cm³/mol. The Morgan fingerprint density at radius 2 is 1.86 bits per heavy atom. The lowest BCUT2D eigenvalue weighted by Gasteiger charge is -2.30. The van der Waals surface area contributed by atoms with E-state index in [1.807, 2.05) is 12.2 Å². The summed E-state index contributed by atoms with van der Waals surface area (Å²) in [5.41, 5.74) is -1.31. The molecule has 16 heteroatoms. The third-order valence-corrected chi connectivity index (χ3v) is 11.7. The Bertz CT molecular complexity index is 1930. The Balaban J connectivity index is 1.19. The largest absolute Gasteiger partial charge is 0.445 e. The van der Waals surface area contributed by atoms with Gasteiger partial charge in [-0.05, 0) is 68.9 Å². The molecule has 272 valence electrons. The number of nitrogens with one attached hydrogen (secondary N) is 3. The molecule has 3 N–H and O–H groups in total. The highest BCUT2D eigenvalue weighted by Gasteiger charge is 2.62. The number of aromatic nitrogens is 1. The molecule has 3 amide bonds. The number of alkyl halides is 3. The SMILES string of the molecule is O=C1N[C@]2(C(=O)NS(=O)(=O)C3CC3)C[C@@H]2/C=C\CCCCC[C@H](Nc2cccc(C(F)(F)F)c2)C(=O)N2C[C@H](Oc3nc4ccccc4o3)C[C@@H]12. The van der Waals surface area contributed by atoms with E-state index in [1.54, 1.807) is 24.3 Å². The second-order valence-corrected chi connectivity index (χ2v) is 15.7. The molecule has 0 unspecified atom stereocenters. The Morgan fingerprint density at radius 1 is 1.06 bits per heavy atom. The van der Waals surface area contributed by atoms with Gasteiger partial charge in [-0.2, -0.15) is 18.2 Å². The second-order valence-electron chi connectivity index (χ2n) is 13.7.